The molecule has 0 unspecified atom stereocenters. The lowest BCUT2D eigenvalue weighted by atomic mass is 10.1. The molecule has 6 nitrogen and oxygen atoms in total. The Bertz CT molecular complexity index is 704. The van der Waals surface area contributed by atoms with Gasteiger partial charge >= 0.3 is 0 Å². The fourth-order valence-corrected chi connectivity index (χ4v) is 2.04. The van der Waals surface area contributed by atoms with E-state index >= 15 is 0 Å². The highest BCUT2D eigenvalue weighted by Crippen LogP contribution is 2.17. The van der Waals surface area contributed by atoms with Crippen molar-refractivity contribution in [3.05, 3.63) is 70.0 Å². The Hall–Kier alpha value is -2.96. The second kappa shape index (κ2) is 7.35. The summed E-state index contributed by atoms with van der Waals surface area (Å²) < 4.78 is 12.9. The number of carbonyl (C=O) groups is 1. The number of nitrogens with zero attached hydrogens (tertiary/aromatic N) is 1. The van der Waals surface area contributed by atoms with Gasteiger partial charge in [-0.3, -0.25) is 14.9 Å². The first kappa shape index (κ1) is 16.4. The molecule has 0 bridgehead atoms. The highest BCUT2D eigenvalue weighted by atomic mass is 19.1. The van der Waals surface area contributed by atoms with Gasteiger partial charge in [-0.1, -0.05) is 18.2 Å². The standard InChI is InChI=1S/C16H16FN3O3/c1-11(12-5-7-13(17)8-6-12)19-16(21)10-18-14-3-2-4-15(9-14)20(22)23/h2-9,11,18H,10H2,1H3,(H,19,21)/t11-/m0/s1. The number of nitro benzene ring substituents is 1. The number of nitro groups is 1. The van der Waals surface area contributed by atoms with Gasteiger partial charge in [0.15, 0.2) is 0 Å². The van der Waals surface area contributed by atoms with Crippen LogP contribution in [0.5, 0.6) is 0 Å². The minimum absolute atomic E-state index is 0.0211. The summed E-state index contributed by atoms with van der Waals surface area (Å²) in [5.74, 6) is -0.604. The van der Waals surface area contributed by atoms with Gasteiger partial charge in [0.05, 0.1) is 17.5 Å². The van der Waals surface area contributed by atoms with Crippen molar-refractivity contribution in [3.8, 4) is 0 Å². The van der Waals surface area contributed by atoms with Gasteiger partial charge in [-0.15, -0.1) is 0 Å². The number of amides is 1. The number of rotatable bonds is 6. The maximum absolute atomic E-state index is 12.9. The summed E-state index contributed by atoms with van der Waals surface area (Å²) in [6.45, 7) is 1.77. The largest absolute Gasteiger partial charge is 0.376 e. The second-order valence-electron chi connectivity index (χ2n) is 5.00. The molecule has 7 heteroatoms. The van der Waals surface area contributed by atoms with E-state index in [-0.39, 0.29) is 30.0 Å². The smallest absolute Gasteiger partial charge is 0.271 e. The molecule has 0 saturated heterocycles. The van der Waals surface area contributed by atoms with E-state index in [1.807, 2.05) is 0 Å². The molecule has 0 aliphatic heterocycles. The minimum Gasteiger partial charge on any atom is -0.376 e. The molecule has 0 saturated carbocycles. The average Bonchev–Trinajstić information content (AvgIpc) is 2.53. The molecule has 23 heavy (non-hydrogen) atoms. The maximum Gasteiger partial charge on any atom is 0.271 e. The first-order valence-electron chi connectivity index (χ1n) is 6.99. The topological polar surface area (TPSA) is 84.3 Å². The van der Waals surface area contributed by atoms with Crippen LogP contribution in [0.4, 0.5) is 15.8 Å². The zero-order chi connectivity index (χ0) is 16.8. The van der Waals surface area contributed by atoms with Crippen molar-refractivity contribution in [3.63, 3.8) is 0 Å². The molecule has 1 atom stereocenters. The lowest BCUT2D eigenvalue weighted by Gasteiger charge is -2.15. The predicted octanol–water partition coefficient (Wildman–Crippen LogP) is 3.02. The Kier molecular flexibility index (Phi) is 5.24. The summed E-state index contributed by atoms with van der Waals surface area (Å²) in [5, 5.41) is 16.3. The number of hydrogen-bond acceptors (Lipinski definition) is 4. The molecular weight excluding hydrogens is 301 g/mol. The molecular formula is C16H16FN3O3. The van der Waals surface area contributed by atoms with E-state index in [9.17, 15) is 19.3 Å². The van der Waals surface area contributed by atoms with Crippen molar-refractivity contribution in [2.24, 2.45) is 0 Å². The molecule has 2 aromatic carbocycles. The van der Waals surface area contributed by atoms with Crippen molar-refractivity contribution in [1.82, 2.24) is 5.32 Å². The zero-order valence-electron chi connectivity index (χ0n) is 12.5. The number of nitrogens with one attached hydrogen (secondary N) is 2. The number of benzene rings is 2. The van der Waals surface area contributed by atoms with E-state index in [1.165, 1.54) is 24.3 Å². The van der Waals surface area contributed by atoms with Gasteiger partial charge in [-0.05, 0) is 30.7 Å². The van der Waals surface area contributed by atoms with Crippen molar-refractivity contribution in [1.29, 1.82) is 0 Å². The van der Waals surface area contributed by atoms with Gasteiger partial charge in [-0.2, -0.15) is 0 Å². The summed E-state index contributed by atoms with van der Waals surface area (Å²) in [7, 11) is 0. The summed E-state index contributed by atoms with van der Waals surface area (Å²) in [4.78, 5) is 22.1. The SMILES string of the molecule is C[C@H](NC(=O)CNc1cccc([N+](=O)[O-])c1)c1ccc(F)cc1. The van der Waals surface area contributed by atoms with E-state index < -0.39 is 4.92 Å². The molecule has 0 aliphatic carbocycles. The van der Waals surface area contributed by atoms with Crippen LogP contribution in [-0.2, 0) is 4.79 Å². The Morgan fingerprint density at radius 2 is 1.96 bits per heavy atom. The average molecular weight is 317 g/mol. The number of non-ortho nitro benzene ring substituents is 1. The van der Waals surface area contributed by atoms with Gasteiger partial charge in [-0.25, -0.2) is 4.39 Å². The normalized spacial score (nSPS) is 11.6. The summed E-state index contributed by atoms with van der Waals surface area (Å²) in [6.07, 6.45) is 0. The highest BCUT2D eigenvalue weighted by molar-refractivity contribution is 5.81. The number of hydrogen-bond donors (Lipinski definition) is 2. The van der Waals surface area contributed by atoms with E-state index in [4.69, 9.17) is 0 Å². The number of anilines is 1. The lowest BCUT2D eigenvalue weighted by Crippen LogP contribution is -2.32. The second-order valence-corrected chi connectivity index (χ2v) is 5.00. The molecule has 2 N–H and O–H groups in total. The molecule has 0 spiro atoms. The van der Waals surface area contributed by atoms with E-state index in [1.54, 1.807) is 31.2 Å². The Morgan fingerprint density at radius 3 is 2.61 bits per heavy atom. The third-order valence-corrected chi connectivity index (χ3v) is 3.26. The maximum atomic E-state index is 12.9. The molecule has 0 aromatic heterocycles. The zero-order valence-corrected chi connectivity index (χ0v) is 12.5. The van der Waals surface area contributed by atoms with Crippen LogP contribution in [0.1, 0.15) is 18.5 Å². The molecule has 0 radical (unpaired) electrons. The van der Waals surface area contributed by atoms with Gasteiger partial charge in [0, 0.05) is 17.8 Å². The van der Waals surface area contributed by atoms with E-state index in [0.717, 1.165) is 5.56 Å². The molecule has 0 heterocycles. The van der Waals surface area contributed by atoms with Crippen LogP contribution in [0.3, 0.4) is 0 Å². The lowest BCUT2D eigenvalue weighted by molar-refractivity contribution is -0.384. The Balaban J connectivity index is 1.88. The summed E-state index contributed by atoms with van der Waals surface area (Å²) >= 11 is 0. The molecule has 0 fully saturated rings. The minimum atomic E-state index is -0.498. The number of halogens is 1. The van der Waals surface area contributed by atoms with Crippen molar-refractivity contribution >= 4 is 17.3 Å². The van der Waals surface area contributed by atoms with Gasteiger partial charge in [0.25, 0.3) is 5.69 Å². The predicted molar refractivity (Wildman–Crippen MR) is 84.5 cm³/mol. The molecule has 0 aliphatic rings. The molecule has 2 rings (SSSR count). The summed E-state index contributed by atoms with van der Waals surface area (Å²) in [5.41, 5.74) is 1.23. The first-order chi connectivity index (χ1) is 11.0. The van der Waals surface area contributed by atoms with Crippen molar-refractivity contribution < 1.29 is 14.1 Å². The van der Waals surface area contributed by atoms with Gasteiger partial charge in [0.2, 0.25) is 5.91 Å². The monoisotopic (exact) mass is 317 g/mol. The van der Waals surface area contributed by atoms with Crippen LogP contribution in [0.2, 0.25) is 0 Å². The van der Waals surface area contributed by atoms with Gasteiger partial charge in [0.1, 0.15) is 5.82 Å². The highest BCUT2D eigenvalue weighted by Gasteiger charge is 2.10. The van der Waals surface area contributed by atoms with Crippen molar-refractivity contribution in [2.45, 2.75) is 13.0 Å². The molecule has 1 amide bonds. The summed E-state index contributed by atoms with van der Waals surface area (Å²) in [6, 6.07) is 11.5. The molecule has 120 valence electrons. The van der Waals surface area contributed by atoms with Crippen LogP contribution >= 0.6 is 0 Å². The number of carbonyl (C=O) groups excluding carboxylic acids is 1. The van der Waals surface area contributed by atoms with Gasteiger partial charge < -0.3 is 10.6 Å². The first-order valence-corrected chi connectivity index (χ1v) is 6.99. The van der Waals surface area contributed by atoms with Crippen LogP contribution in [0.15, 0.2) is 48.5 Å². The quantitative estimate of drug-likeness (QED) is 0.633. The molecule has 2 aromatic rings. The van der Waals surface area contributed by atoms with Crippen LogP contribution in [-0.4, -0.2) is 17.4 Å². The van der Waals surface area contributed by atoms with Crippen LogP contribution < -0.4 is 10.6 Å². The van der Waals surface area contributed by atoms with E-state index in [2.05, 4.69) is 10.6 Å². The van der Waals surface area contributed by atoms with Crippen LogP contribution in [0, 0.1) is 15.9 Å². The fraction of sp³-hybridized carbons (Fsp3) is 0.188. The third-order valence-electron chi connectivity index (χ3n) is 3.26. The third kappa shape index (κ3) is 4.77. The fourth-order valence-electron chi connectivity index (χ4n) is 2.04. The Morgan fingerprint density at radius 1 is 1.26 bits per heavy atom. The van der Waals surface area contributed by atoms with Crippen molar-refractivity contribution in [2.75, 3.05) is 11.9 Å². The van der Waals surface area contributed by atoms with E-state index in [0.29, 0.717) is 5.69 Å². The van der Waals surface area contributed by atoms with Crippen LogP contribution in [0.25, 0.3) is 0 Å². The Labute approximate surface area is 132 Å².